The maximum absolute atomic E-state index is 12.6. The van der Waals surface area contributed by atoms with Crippen molar-refractivity contribution in [2.75, 3.05) is 26.4 Å². The molecule has 0 aliphatic rings. The van der Waals surface area contributed by atoms with Gasteiger partial charge in [0.1, 0.15) is 6.61 Å². The van der Waals surface area contributed by atoms with Crippen LogP contribution in [-0.2, 0) is 32.7 Å². The highest BCUT2D eigenvalue weighted by Gasteiger charge is 2.26. The van der Waals surface area contributed by atoms with Crippen molar-refractivity contribution in [2.45, 2.75) is 212 Å². The number of ether oxygens (including phenoxy) is 2. The number of aliphatic hydroxyl groups excluding tert-OH is 1. The van der Waals surface area contributed by atoms with Gasteiger partial charge in [0, 0.05) is 19.4 Å². The first-order valence-electron chi connectivity index (χ1n) is 22.6. The minimum Gasteiger partial charge on any atom is -0.462 e. The summed E-state index contributed by atoms with van der Waals surface area (Å²) in [5, 5.41) is 10.2. The molecule has 2 unspecified atom stereocenters. The maximum atomic E-state index is 12.6. The topological polar surface area (TPSA) is 155 Å². The Balaban J connectivity index is 4.29. The van der Waals surface area contributed by atoms with E-state index in [2.05, 4.69) is 26.0 Å². The number of phosphoric ester groups is 1. The molecule has 0 fully saturated rings. The number of hydrogen-bond donors (Lipinski definition) is 3. The zero-order valence-electron chi connectivity index (χ0n) is 35.7. The van der Waals surface area contributed by atoms with Crippen LogP contribution in [0.25, 0.3) is 0 Å². The lowest BCUT2D eigenvalue weighted by Crippen LogP contribution is -2.29. The van der Waals surface area contributed by atoms with Crippen LogP contribution in [0.1, 0.15) is 200 Å². The van der Waals surface area contributed by atoms with Crippen LogP contribution in [0.5, 0.6) is 0 Å². The Bertz CT molecular complexity index is 1040. The van der Waals surface area contributed by atoms with Gasteiger partial charge in [-0.25, -0.2) is 4.57 Å². The second-order valence-corrected chi connectivity index (χ2v) is 16.6. The molecule has 0 saturated heterocycles. The molecule has 0 saturated carbocycles. The first-order valence-corrected chi connectivity index (χ1v) is 24.1. The lowest BCUT2D eigenvalue weighted by molar-refractivity contribution is -0.161. The molecular formula is C45H84NO9P. The number of phosphoric acid groups is 1. The normalized spacial score (nSPS) is 14.2. The zero-order chi connectivity index (χ0) is 41.2. The van der Waals surface area contributed by atoms with E-state index in [0.29, 0.717) is 19.3 Å². The number of aliphatic hydroxyl groups is 1. The van der Waals surface area contributed by atoms with Crippen molar-refractivity contribution in [1.29, 1.82) is 0 Å². The van der Waals surface area contributed by atoms with E-state index in [1.807, 2.05) is 12.2 Å². The molecule has 10 nitrogen and oxygen atoms in total. The van der Waals surface area contributed by atoms with E-state index in [1.54, 1.807) is 12.2 Å². The van der Waals surface area contributed by atoms with Crippen LogP contribution >= 0.6 is 7.82 Å². The summed E-state index contributed by atoms with van der Waals surface area (Å²) < 4.78 is 32.7. The van der Waals surface area contributed by atoms with Crippen LogP contribution in [0.3, 0.4) is 0 Å². The lowest BCUT2D eigenvalue weighted by atomic mass is 10.0. The number of hydrogen-bond acceptors (Lipinski definition) is 9. The summed E-state index contributed by atoms with van der Waals surface area (Å²) in [4.78, 5) is 34.9. The number of carbonyl (C=O) groups is 2. The molecule has 0 heterocycles. The molecule has 0 bridgehead atoms. The van der Waals surface area contributed by atoms with Crippen LogP contribution in [0.4, 0.5) is 0 Å². The van der Waals surface area contributed by atoms with Crippen molar-refractivity contribution < 1.29 is 42.7 Å². The molecule has 0 aliphatic heterocycles. The predicted molar refractivity (Wildman–Crippen MR) is 230 cm³/mol. The molecule has 0 amide bonds. The highest BCUT2D eigenvalue weighted by molar-refractivity contribution is 7.47. The molecule has 0 radical (unpaired) electrons. The standard InChI is InChI=1S/C45H84NO9P/c1-3-5-7-9-11-13-15-17-18-19-20-22-24-26-28-30-32-36-45(49)55-43(41-54-56(50,51)53-39-38-46)40-52-44(48)37-33-35-42(47)34-31-29-27-25-23-21-16-14-12-10-8-6-4-2/h21,23,27,29,31,34,42-43,47H,3-20,22,24-26,28,30,32-33,35-41,46H2,1-2H3,(H,50,51)/b23-21+,29-27+,34-31+/t42?,43-/m1/s1. The van der Waals surface area contributed by atoms with Crippen LogP contribution in [-0.4, -0.2) is 60.5 Å². The third-order valence-electron chi connectivity index (χ3n) is 9.63. The summed E-state index contributed by atoms with van der Waals surface area (Å²) in [6.07, 6.45) is 42.1. The molecule has 0 aromatic carbocycles. The van der Waals surface area contributed by atoms with Gasteiger partial charge in [0.15, 0.2) is 6.10 Å². The lowest BCUT2D eigenvalue weighted by Gasteiger charge is -2.20. The second kappa shape index (κ2) is 41.4. The molecule has 0 rings (SSSR count). The Morgan fingerprint density at radius 1 is 0.625 bits per heavy atom. The first-order chi connectivity index (χ1) is 27.2. The number of nitrogens with two attached hydrogens (primary N) is 1. The van der Waals surface area contributed by atoms with Gasteiger partial charge in [0.25, 0.3) is 0 Å². The fourth-order valence-electron chi connectivity index (χ4n) is 6.23. The van der Waals surface area contributed by atoms with E-state index >= 15 is 0 Å². The molecule has 3 atom stereocenters. The third-order valence-corrected chi connectivity index (χ3v) is 10.6. The van der Waals surface area contributed by atoms with E-state index in [0.717, 1.165) is 32.1 Å². The van der Waals surface area contributed by atoms with Gasteiger partial charge in [-0.3, -0.25) is 18.6 Å². The Morgan fingerprint density at radius 3 is 1.70 bits per heavy atom. The zero-order valence-corrected chi connectivity index (χ0v) is 36.6. The molecule has 4 N–H and O–H groups in total. The Labute approximate surface area is 342 Å². The summed E-state index contributed by atoms with van der Waals surface area (Å²) in [6.45, 7) is 3.53. The van der Waals surface area contributed by atoms with Crippen molar-refractivity contribution in [3.05, 3.63) is 36.5 Å². The van der Waals surface area contributed by atoms with Crippen molar-refractivity contribution in [3.63, 3.8) is 0 Å². The van der Waals surface area contributed by atoms with Gasteiger partial charge < -0.3 is 25.2 Å². The molecule has 328 valence electrons. The molecule has 56 heavy (non-hydrogen) atoms. The average Bonchev–Trinajstić information content (AvgIpc) is 3.18. The van der Waals surface area contributed by atoms with Crippen molar-refractivity contribution in [2.24, 2.45) is 5.73 Å². The van der Waals surface area contributed by atoms with Crippen LogP contribution < -0.4 is 5.73 Å². The largest absolute Gasteiger partial charge is 0.472 e. The third kappa shape index (κ3) is 40.4. The Hall–Kier alpha value is -1.81. The van der Waals surface area contributed by atoms with E-state index in [4.69, 9.17) is 24.3 Å². The van der Waals surface area contributed by atoms with Crippen molar-refractivity contribution in [1.82, 2.24) is 0 Å². The molecule has 0 aromatic heterocycles. The number of rotatable bonds is 42. The minimum atomic E-state index is -4.42. The van der Waals surface area contributed by atoms with E-state index in [-0.39, 0.29) is 32.6 Å². The molecule has 0 aromatic rings. The van der Waals surface area contributed by atoms with E-state index in [1.165, 1.54) is 122 Å². The van der Waals surface area contributed by atoms with Crippen LogP contribution in [0.15, 0.2) is 36.5 Å². The van der Waals surface area contributed by atoms with E-state index in [9.17, 15) is 24.2 Å². The van der Waals surface area contributed by atoms with Crippen molar-refractivity contribution >= 4 is 19.8 Å². The number of unbranched alkanes of at least 4 members (excludes halogenated alkanes) is 22. The van der Waals surface area contributed by atoms with Gasteiger partial charge in [-0.1, -0.05) is 185 Å². The maximum Gasteiger partial charge on any atom is 0.472 e. The van der Waals surface area contributed by atoms with Crippen LogP contribution in [0.2, 0.25) is 0 Å². The molecular weight excluding hydrogens is 729 g/mol. The van der Waals surface area contributed by atoms with Gasteiger partial charge in [-0.15, -0.1) is 0 Å². The molecule has 0 aliphatic carbocycles. The molecule has 11 heteroatoms. The second-order valence-electron chi connectivity index (χ2n) is 15.1. The van der Waals surface area contributed by atoms with Crippen LogP contribution in [0, 0.1) is 0 Å². The summed E-state index contributed by atoms with van der Waals surface area (Å²) in [7, 11) is -4.42. The average molecular weight is 814 g/mol. The van der Waals surface area contributed by atoms with Gasteiger partial charge in [-0.2, -0.15) is 0 Å². The van der Waals surface area contributed by atoms with Gasteiger partial charge in [-0.05, 0) is 38.5 Å². The SMILES string of the molecule is CCCCCCCC/C=C/C/C=C/C=C/C(O)CCCC(=O)OC[C@H](COP(=O)(O)OCCN)OC(=O)CCCCCCCCCCCCCCCCCCC. The summed E-state index contributed by atoms with van der Waals surface area (Å²) in [5.41, 5.74) is 5.34. The summed E-state index contributed by atoms with van der Waals surface area (Å²) in [6, 6.07) is 0. The predicted octanol–water partition coefficient (Wildman–Crippen LogP) is 11.9. The first kappa shape index (κ1) is 54.2. The highest BCUT2D eigenvalue weighted by atomic mass is 31.2. The van der Waals surface area contributed by atoms with Gasteiger partial charge >= 0.3 is 19.8 Å². The number of allylic oxidation sites excluding steroid dienone is 5. The van der Waals surface area contributed by atoms with Gasteiger partial charge in [0.05, 0.1) is 19.3 Å². The quantitative estimate of drug-likeness (QED) is 0.0178. The van der Waals surface area contributed by atoms with Crippen molar-refractivity contribution in [3.8, 4) is 0 Å². The van der Waals surface area contributed by atoms with Gasteiger partial charge in [0.2, 0.25) is 0 Å². The van der Waals surface area contributed by atoms with E-state index < -0.39 is 38.6 Å². The number of esters is 2. The minimum absolute atomic E-state index is 0.0292. The Kier molecular flexibility index (Phi) is 40.0. The smallest absolute Gasteiger partial charge is 0.462 e. The number of carbonyl (C=O) groups excluding carboxylic acids is 2. The monoisotopic (exact) mass is 814 g/mol. The fraction of sp³-hybridized carbons (Fsp3) is 0.822. The summed E-state index contributed by atoms with van der Waals surface area (Å²) >= 11 is 0. The molecule has 0 spiro atoms. The summed E-state index contributed by atoms with van der Waals surface area (Å²) in [5.74, 6) is -1.02. The highest BCUT2D eigenvalue weighted by Crippen LogP contribution is 2.43. The fourth-order valence-corrected chi connectivity index (χ4v) is 7.00. The Morgan fingerprint density at radius 2 is 1.14 bits per heavy atom.